The number of nitrogens with one attached hydrogen (secondary N) is 1. The number of hydrogen-bond acceptors (Lipinski definition) is 7. The molecule has 0 atom stereocenters. The van der Waals surface area contributed by atoms with E-state index in [1.54, 1.807) is 12.3 Å². The van der Waals surface area contributed by atoms with E-state index in [9.17, 15) is 20.1 Å². The number of aromatic nitrogens is 2. The van der Waals surface area contributed by atoms with Crippen molar-refractivity contribution in [2.75, 3.05) is 6.26 Å². The van der Waals surface area contributed by atoms with E-state index < -0.39 is 12.7 Å². The van der Waals surface area contributed by atoms with Crippen LogP contribution in [0.3, 0.4) is 0 Å². The molecule has 1 aromatic carbocycles. The molecule has 0 fully saturated rings. The lowest BCUT2D eigenvalue weighted by molar-refractivity contribution is 0.242. The van der Waals surface area contributed by atoms with Gasteiger partial charge in [-0.25, -0.2) is 4.98 Å². The molecule has 0 saturated carbocycles. The molecule has 0 aliphatic heterocycles. The minimum atomic E-state index is -1.79. The number of nitriles is 1. The minimum Gasteiger partial charge on any atom is -0.490 e. The van der Waals surface area contributed by atoms with Crippen molar-refractivity contribution in [3.63, 3.8) is 0 Å². The standard InChI is InChI=1S/C15H15BBrN3O4S/c1-7(2)24-13-10(16(22)23)4-8(5-11(13)17)12-9(6-18)14(21)20-15(19-12)25-3/h4-5,7,22-23H,1-3H3,(H,19,20,21). The summed E-state index contributed by atoms with van der Waals surface area (Å²) >= 11 is 4.57. The summed E-state index contributed by atoms with van der Waals surface area (Å²) < 4.78 is 6.09. The molecule has 0 aliphatic rings. The van der Waals surface area contributed by atoms with Crippen LogP contribution in [0, 0.1) is 11.3 Å². The summed E-state index contributed by atoms with van der Waals surface area (Å²) in [4.78, 5) is 18.9. The van der Waals surface area contributed by atoms with Gasteiger partial charge in [-0.05, 0) is 48.2 Å². The second-order valence-corrected chi connectivity index (χ2v) is 6.98. The van der Waals surface area contributed by atoms with Crippen LogP contribution >= 0.6 is 27.7 Å². The van der Waals surface area contributed by atoms with Gasteiger partial charge in [0.05, 0.1) is 16.3 Å². The molecule has 0 unspecified atom stereocenters. The molecule has 0 radical (unpaired) electrons. The van der Waals surface area contributed by atoms with Gasteiger partial charge in [-0.2, -0.15) is 5.26 Å². The lowest BCUT2D eigenvalue weighted by atomic mass is 9.78. The van der Waals surface area contributed by atoms with Crippen LogP contribution in [0.5, 0.6) is 5.75 Å². The van der Waals surface area contributed by atoms with Gasteiger partial charge in [-0.3, -0.25) is 4.79 Å². The van der Waals surface area contributed by atoms with Crippen LogP contribution in [0.25, 0.3) is 11.3 Å². The first kappa shape index (κ1) is 19.5. The van der Waals surface area contributed by atoms with Crippen LogP contribution in [-0.2, 0) is 0 Å². The van der Waals surface area contributed by atoms with E-state index in [2.05, 4.69) is 25.9 Å². The van der Waals surface area contributed by atoms with Crippen molar-refractivity contribution in [2.24, 2.45) is 0 Å². The fourth-order valence-corrected chi connectivity index (χ4v) is 3.11. The zero-order valence-electron chi connectivity index (χ0n) is 13.7. The first-order valence-corrected chi connectivity index (χ1v) is 9.25. The fourth-order valence-electron chi connectivity index (χ4n) is 2.17. The number of hydrogen-bond donors (Lipinski definition) is 3. The van der Waals surface area contributed by atoms with Crippen LogP contribution in [0.2, 0.25) is 0 Å². The lowest BCUT2D eigenvalue weighted by Gasteiger charge is -2.17. The third-order valence-corrected chi connectivity index (χ3v) is 4.35. The van der Waals surface area contributed by atoms with Crippen molar-refractivity contribution in [1.29, 1.82) is 5.26 Å². The first-order valence-electron chi connectivity index (χ1n) is 7.23. The molecule has 3 N–H and O–H groups in total. The Kier molecular flexibility index (Phi) is 6.29. The topological polar surface area (TPSA) is 119 Å². The Bertz CT molecular complexity index is 896. The van der Waals surface area contributed by atoms with E-state index in [1.807, 2.05) is 19.9 Å². The number of benzene rings is 1. The van der Waals surface area contributed by atoms with Crippen molar-refractivity contribution < 1.29 is 14.8 Å². The second kappa shape index (κ2) is 8.06. The summed E-state index contributed by atoms with van der Waals surface area (Å²) in [6, 6.07) is 4.91. The summed E-state index contributed by atoms with van der Waals surface area (Å²) in [5.41, 5.74) is -0.0461. The quantitative estimate of drug-likeness (QED) is 0.376. The van der Waals surface area contributed by atoms with Crippen molar-refractivity contribution in [3.8, 4) is 23.1 Å². The molecule has 0 bridgehead atoms. The number of aromatic amines is 1. The molecule has 0 saturated heterocycles. The van der Waals surface area contributed by atoms with Crippen LogP contribution in [-0.4, -0.2) is 39.5 Å². The van der Waals surface area contributed by atoms with E-state index in [-0.39, 0.29) is 28.6 Å². The van der Waals surface area contributed by atoms with Crippen molar-refractivity contribution >= 4 is 40.3 Å². The van der Waals surface area contributed by atoms with Crippen LogP contribution in [0.4, 0.5) is 0 Å². The van der Waals surface area contributed by atoms with E-state index >= 15 is 0 Å². The molecule has 2 aromatic rings. The van der Waals surface area contributed by atoms with Crippen LogP contribution in [0.1, 0.15) is 19.4 Å². The van der Waals surface area contributed by atoms with Gasteiger partial charge in [0.2, 0.25) is 0 Å². The monoisotopic (exact) mass is 423 g/mol. The predicted octanol–water partition coefficient (Wildman–Crippen LogP) is 1.26. The van der Waals surface area contributed by atoms with Crippen molar-refractivity contribution in [2.45, 2.75) is 25.1 Å². The molecular formula is C15H15BBrN3O4S. The average Bonchev–Trinajstić information content (AvgIpc) is 2.54. The highest BCUT2D eigenvalue weighted by atomic mass is 79.9. The molecular weight excluding hydrogens is 409 g/mol. The number of halogens is 1. The Hall–Kier alpha value is -1.80. The Morgan fingerprint density at radius 1 is 1.44 bits per heavy atom. The smallest absolute Gasteiger partial charge is 0.490 e. The summed E-state index contributed by atoms with van der Waals surface area (Å²) in [5, 5.41) is 29.0. The molecule has 25 heavy (non-hydrogen) atoms. The molecule has 0 amide bonds. The van der Waals surface area contributed by atoms with Crippen molar-refractivity contribution in [1.82, 2.24) is 9.97 Å². The van der Waals surface area contributed by atoms with Gasteiger partial charge in [0, 0.05) is 11.0 Å². The summed E-state index contributed by atoms with van der Waals surface area (Å²) in [6.45, 7) is 3.62. The summed E-state index contributed by atoms with van der Waals surface area (Å²) in [7, 11) is -1.79. The molecule has 0 aliphatic carbocycles. The van der Waals surface area contributed by atoms with E-state index in [0.29, 0.717) is 15.2 Å². The summed E-state index contributed by atoms with van der Waals surface area (Å²) in [5.74, 6) is 0.280. The number of H-pyrrole nitrogens is 1. The van der Waals surface area contributed by atoms with Gasteiger partial charge < -0.3 is 19.8 Å². The number of nitrogens with zero attached hydrogens (tertiary/aromatic N) is 2. The van der Waals surface area contributed by atoms with Gasteiger partial charge in [0.25, 0.3) is 5.56 Å². The molecule has 7 nitrogen and oxygen atoms in total. The molecule has 1 heterocycles. The highest BCUT2D eigenvalue weighted by Gasteiger charge is 2.24. The predicted molar refractivity (Wildman–Crippen MR) is 100 cm³/mol. The maximum atomic E-state index is 12.1. The van der Waals surface area contributed by atoms with E-state index in [1.165, 1.54) is 17.8 Å². The lowest BCUT2D eigenvalue weighted by Crippen LogP contribution is -2.33. The van der Waals surface area contributed by atoms with Gasteiger partial charge in [0.1, 0.15) is 17.4 Å². The van der Waals surface area contributed by atoms with E-state index in [4.69, 9.17) is 4.74 Å². The highest BCUT2D eigenvalue weighted by molar-refractivity contribution is 9.10. The highest BCUT2D eigenvalue weighted by Crippen LogP contribution is 2.30. The Balaban J connectivity index is 2.75. The molecule has 2 rings (SSSR count). The maximum Gasteiger partial charge on any atom is 0.492 e. The maximum absolute atomic E-state index is 12.1. The van der Waals surface area contributed by atoms with Crippen LogP contribution < -0.4 is 15.8 Å². The SMILES string of the molecule is CSc1nc(-c2cc(Br)c(OC(C)C)c(B(O)O)c2)c(C#N)c(=O)[nH]1. The Morgan fingerprint density at radius 3 is 2.64 bits per heavy atom. The van der Waals surface area contributed by atoms with Crippen LogP contribution in [0.15, 0.2) is 26.6 Å². The largest absolute Gasteiger partial charge is 0.492 e. The van der Waals surface area contributed by atoms with Gasteiger partial charge in [-0.15, -0.1) is 0 Å². The fraction of sp³-hybridized carbons (Fsp3) is 0.267. The zero-order chi connectivity index (χ0) is 18.7. The molecule has 0 spiro atoms. The van der Waals surface area contributed by atoms with Crippen molar-refractivity contribution in [3.05, 3.63) is 32.5 Å². The number of thioether (sulfide) groups is 1. The van der Waals surface area contributed by atoms with E-state index in [0.717, 1.165) is 0 Å². The third kappa shape index (κ3) is 4.25. The zero-order valence-corrected chi connectivity index (χ0v) is 16.1. The Morgan fingerprint density at radius 2 is 2.12 bits per heavy atom. The number of rotatable bonds is 5. The van der Waals surface area contributed by atoms with Gasteiger partial charge >= 0.3 is 7.12 Å². The third-order valence-electron chi connectivity index (χ3n) is 3.18. The second-order valence-electron chi connectivity index (χ2n) is 5.33. The summed E-state index contributed by atoms with van der Waals surface area (Å²) in [6.07, 6.45) is 1.56. The molecule has 130 valence electrons. The van der Waals surface area contributed by atoms with Gasteiger partial charge in [0.15, 0.2) is 5.16 Å². The first-order chi connectivity index (χ1) is 11.8. The molecule has 10 heteroatoms. The van der Waals surface area contributed by atoms with Gasteiger partial charge in [-0.1, -0.05) is 11.8 Å². The molecule has 1 aromatic heterocycles. The normalized spacial score (nSPS) is 10.6. The average molecular weight is 424 g/mol. The minimum absolute atomic E-state index is 0.106. The Labute approximate surface area is 157 Å². The number of ether oxygens (including phenoxy) is 1.